The number of hydrogen-bond donors (Lipinski definition) is 2. The lowest BCUT2D eigenvalue weighted by atomic mass is 9.85. The molecule has 1 aromatic carbocycles. The lowest BCUT2D eigenvalue weighted by molar-refractivity contribution is -0.146. The van der Waals surface area contributed by atoms with Gasteiger partial charge in [0.2, 0.25) is 0 Å². The van der Waals surface area contributed by atoms with E-state index in [1.165, 1.54) is 11.3 Å². The number of para-hydroxylation sites is 1. The minimum Gasteiger partial charge on any atom is -0.389 e. The molecule has 2 rings (SSSR count). The molecule has 144 valence electrons. The Balaban J connectivity index is 1.98. The van der Waals surface area contributed by atoms with E-state index in [1.54, 1.807) is 18.7 Å². The normalized spacial score (nSPS) is 15.8. The smallest absolute Gasteiger partial charge is 0.312 e. The largest absolute Gasteiger partial charge is 0.389 e. The number of nitrogens with one attached hydrogen (secondary N) is 1. The maximum atomic E-state index is 12.3. The molecular formula is C20H31N3O3. The first kappa shape index (κ1) is 20.2. The fourth-order valence-corrected chi connectivity index (χ4v) is 3.05. The van der Waals surface area contributed by atoms with E-state index < -0.39 is 17.4 Å². The standard InChI is InChI=1S/C20H31N3O3/c1-19(2,3)15-8-6-7-9-16(15)22-10-12-23(13-11-22)18(25)17(24)21-14-20(4,5)26/h6-9,26H,10-14H2,1-5H3,(H,21,24). The molecule has 1 aliphatic rings. The molecule has 1 heterocycles. The highest BCUT2D eigenvalue weighted by Gasteiger charge is 2.29. The van der Waals surface area contributed by atoms with E-state index in [0.717, 1.165) is 0 Å². The average Bonchev–Trinajstić information content (AvgIpc) is 2.58. The van der Waals surface area contributed by atoms with Gasteiger partial charge in [-0.25, -0.2) is 0 Å². The quantitative estimate of drug-likeness (QED) is 0.801. The number of amides is 2. The zero-order chi connectivity index (χ0) is 19.5. The summed E-state index contributed by atoms with van der Waals surface area (Å²) in [6, 6.07) is 8.36. The van der Waals surface area contributed by atoms with Gasteiger partial charge < -0.3 is 20.2 Å². The summed E-state index contributed by atoms with van der Waals surface area (Å²) in [6.45, 7) is 12.2. The van der Waals surface area contributed by atoms with Gasteiger partial charge >= 0.3 is 11.8 Å². The fraction of sp³-hybridized carbons (Fsp3) is 0.600. The number of nitrogens with zero attached hydrogens (tertiary/aromatic N) is 2. The van der Waals surface area contributed by atoms with E-state index in [-0.39, 0.29) is 12.0 Å². The predicted molar refractivity (Wildman–Crippen MR) is 103 cm³/mol. The van der Waals surface area contributed by atoms with Crippen LogP contribution in [0.3, 0.4) is 0 Å². The molecule has 0 bridgehead atoms. The summed E-state index contributed by atoms with van der Waals surface area (Å²) in [7, 11) is 0. The van der Waals surface area contributed by atoms with Crippen LogP contribution in [0.25, 0.3) is 0 Å². The number of carbonyl (C=O) groups excluding carboxylic acids is 2. The summed E-state index contributed by atoms with van der Waals surface area (Å²) in [5.74, 6) is -1.19. The van der Waals surface area contributed by atoms with E-state index >= 15 is 0 Å². The van der Waals surface area contributed by atoms with Crippen LogP contribution in [-0.4, -0.2) is 60.1 Å². The van der Waals surface area contributed by atoms with Crippen molar-refractivity contribution in [2.24, 2.45) is 0 Å². The lowest BCUT2D eigenvalue weighted by Crippen LogP contribution is -2.54. The molecule has 0 radical (unpaired) electrons. The summed E-state index contributed by atoms with van der Waals surface area (Å²) in [5, 5.41) is 12.2. The lowest BCUT2D eigenvalue weighted by Gasteiger charge is -2.38. The van der Waals surface area contributed by atoms with Crippen molar-refractivity contribution in [3.63, 3.8) is 0 Å². The summed E-state index contributed by atoms with van der Waals surface area (Å²) in [5.41, 5.74) is 1.48. The van der Waals surface area contributed by atoms with E-state index in [2.05, 4.69) is 49.2 Å². The molecule has 2 N–H and O–H groups in total. The molecule has 0 aliphatic carbocycles. The van der Waals surface area contributed by atoms with Crippen LogP contribution in [0.5, 0.6) is 0 Å². The predicted octanol–water partition coefficient (Wildman–Crippen LogP) is 1.52. The first-order valence-electron chi connectivity index (χ1n) is 9.13. The van der Waals surface area contributed by atoms with Gasteiger partial charge in [-0.1, -0.05) is 39.0 Å². The highest BCUT2D eigenvalue weighted by Crippen LogP contribution is 2.32. The highest BCUT2D eigenvalue weighted by molar-refractivity contribution is 6.35. The van der Waals surface area contributed by atoms with Crippen molar-refractivity contribution in [1.29, 1.82) is 0 Å². The number of carbonyl (C=O) groups is 2. The summed E-state index contributed by atoms with van der Waals surface area (Å²) in [6.07, 6.45) is 0. The van der Waals surface area contributed by atoms with Crippen LogP contribution < -0.4 is 10.2 Å². The van der Waals surface area contributed by atoms with Gasteiger partial charge in [0.15, 0.2) is 0 Å². The number of piperazine rings is 1. The van der Waals surface area contributed by atoms with Crippen LogP contribution in [-0.2, 0) is 15.0 Å². The average molecular weight is 361 g/mol. The van der Waals surface area contributed by atoms with E-state index in [0.29, 0.717) is 26.2 Å². The highest BCUT2D eigenvalue weighted by atomic mass is 16.3. The van der Waals surface area contributed by atoms with Gasteiger partial charge in [-0.3, -0.25) is 9.59 Å². The zero-order valence-corrected chi connectivity index (χ0v) is 16.5. The third-order valence-electron chi connectivity index (χ3n) is 4.50. The van der Waals surface area contributed by atoms with Crippen molar-refractivity contribution in [3.05, 3.63) is 29.8 Å². The zero-order valence-electron chi connectivity index (χ0n) is 16.5. The van der Waals surface area contributed by atoms with Crippen LogP contribution in [0.15, 0.2) is 24.3 Å². The Hall–Kier alpha value is -2.08. The first-order valence-corrected chi connectivity index (χ1v) is 9.13. The molecule has 1 aromatic rings. The monoisotopic (exact) mass is 361 g/mol. The Morgan fingerprint density at radius 1 is 1.04 bits per heavy atom. The molecule has 0 saturated carbocycles. The van der Waals surface area contributed by atoms with Crippen molar-refractivity contribution >= 4 is 17.5 Å². The van der Waals surface area contributed by atoms with Gasteiger partial charge in [-0.05, 0) is 30.9 Å². The van der Waals surface area contributed by atoms with Crippen LogP contribution in [0.2, 0.25) is 0 Å². The van der Waals surface area contributed by atoms with E-state index in [9.17, 15) is 14.7 Å². The van der Waals surface area contributed by atoms with Crippen molar-refractivity contribution in [3.8, 4) is 0 Å². The van der Waals surface area contributed by atoms with Crippen LogP contribution in [0.1, 0.15) is 40.2 Å². The third-order valence-corrected chi connectivity index (χ3v) is 4.50. The molecule has 0 aromatic heterocycles. The number of benzene rings is 1. The van der Waals surface area contributed by atoms with Crippen LogP contribution in [0, 0.1) is 0 Å². The minimum atomic E-state index is -1.04. The SMILES string of the molecule is CC(C)(O)CNC(=O)C(=O)N1CCN(c2ccccc2C(C)(C)C)CC1. The summed E-state index contributed by atoms with van der Waals surface area (Å²) < 4.78 is 0. The third kappa shape index (κ3) is 5.21. The number of aliphatic hydroxyl groups is 1. The molecular weight excluding hydrogens is 330 g/mol. The molecule has 1 fully saturated rings. The van der Waals surface area contributed by atoms with Gasteiger partial charge in [0.1, 0.15) is 0 Å². The summed E-state index contributed by atoms with van der Waals surface area (Å²) in [4.78, 5) is 28.2. The number of rotatable bonds is 3. The van der Waals surface area contributed by atoms with Gasteiger partial charge in [-0.2, -0.15) is 0 Å². The van der Waals surface area contributed by atoms with Crippen LogP contribution >= 0.6 is 0 Å². The molecule has 0 unspecified atom stereocenters. The Morgan fingerprint density at radius 3 is 2.15 bits per heavy atom. The molecule has 1 aliphatic heterocycles. The number of hydrogen-bond acceptors (Lipinski definition) is 4. The van der Waals surface area contributed by atoms with E-state index in [4.69, 9.17) is 0 Å². The second-order valence-corrected chi connectivity index (χ2v) is 8.54. The van der Waals surface area contributed by atoms with Crippen molar-refractivity contribution < 1.29 is 14.7 Å². The van der Waals surface area contributed by atoms with Gasteiger partial charge in [0.05, 0.1) is 5.60 Å². The Bertz CT molecular complexity index is 651. The minimum absolute atomic E-state index is 0.0422. The first-order chi connectivity index (χ1) is 12.0. The molecule has 6 heteroatoms. The van der Waals surface area contributed by atoms with Crippen LogP contribution in [0.4, 0.5) is 5.69 Å². The van der Waals surface area contributed by atoms with Gasteiger partial charge in [0, 0.05) is 38.4 Å². The molecule has 0 atom stereocenters. The Labute approximate surface area is 156 Å². The topological polar surface area (TPSA) is 72.9 Å². The van der Waals surface area contributed by atoms with Crippen molar-refractivity contribution in [2.75, 3.05) is 37.6 Å². The Morgan fingerprint density at radius 2 is 1.62 bits per heavy atom. The molecule has 2 amide bonds. The van der Waals surface area contributed by atoms with Gasteiger partial charge in [-0.15, -0.1) is 0 Å². The molecule has 0 spiro atoms. The van der Waals surface area contributed by atoms with Crippen molar-refractivity contribution in [1.82, 2.24) is 10.2 Å². The summed E-state index contributed by atoms with van der Waals surface area (Å²) >= 11 is 0. The second-order valence-electron chi connectivity index (χ2n) is 8.54. The molecule has 6 nitrogen and oxygen atoms in total. The van der Waals surface area contributed by atoms with Crippen molar-refractivity contribution in [2.45, 2.75) is 45.6 Å². The fourth-order valence-electron chi connectivity index (χ4n) is 3.05. The van der Waals surface area contributed by atoms with Gasteiger partial charge in [0.25, 0.3) is 0 Å². The molecule has 26 heavy (non-hydrogen) atoms. The van der Waals surface area contributed by atoms with E-state index in [1.807, 2.05) is 6.07 Å². The maximum Gasteiger partial charge on any atom is 0.312 e. The second kappa shape index (κ2) is 7.66. The molecule has 1 saturated heterocycles. The Kier molecular flexibility index (Phi) is 5.96. The number of anilines is 1. The maximum absolute atomic E-state index is 12.3.